The molecule has 1 N–H and O–H groups in total. The van der Waals surface area contributed by atoms with Gasteiger partial charge in [-0.15, -0.1) is 0 Å². The molecule has 0 unspecified atom stereocenters. The van der Waals surface area contributed by atoms with Gasteiger partial charge in [-0.2, -0.15) is 5.26 Å². The van der Waals surface area contributed by atoms with Crippen LogP contribution in [0.3, 0.4) is 0 Å². The molecule has 0 spiro atoms. The SMILES string of the molecule is CCCCc1ccc2nc(NC(=O)c3ccc(C#N)cc3)sc2c1. The molecule has 5 heteroatoms. The van der Waals surface area contributed by atoms with E-state index >= 15 is 0 Å². The van der Waals surface area contributed by atoms with Crippen molar-refractivity contribution in [1.82, 2.24) is 4.98 Å². The lowest BCUT2D eigenvalue weighted by Gasteiger charge is -2.01. The number of nitriles is 1. The number of fused-ring (bicyclic) bond motifs is 1. The smallest absolute Gasteiger partial charge is 0.257 e. The highest BCUT2D eigenvalue weighted by Crippen LogP contribution is 2.27. The number of hydrogen-bond acceptors (Lipinski definition) is 4. The number of carbonyl (C=O) groups excluding carboxylic acids is 1. The molecule has 1 aromatic heterocycles. The van der Waals surface area contributed by atoms with Crippen LogP contribution in [0.2, 0.25) is 0 Å². The minimum absolute atomic E-state index is 0.218. The van der Waals surface area contributed by atoms with Crippen LogP contribution in [0.1, 0.15) is 41.3 Å². The third-order valence-electron chi connectivity index (χ3n) is 3.77. The first-order valence-electron chi connectivity index (χ1n) is 7.90. The first kappa shape index (κ1) is 16.2. The monoisotopic (exact) mass is 335 g/mol. The Bertz CT molecular complexity index is 907. The Hall–Kier alpha value is -2.71. The number of carbonyl (C=O) groups is 1. The van der Waals surface area contributed by atoms with Gasteiger partial charge in [0.1, 0.15) is 0 Å². The Morgan fingerprint density at radius 2 is 2.04 bits per heavy atom. The first-order valence-corrected chi connectivity index (χ1v) is 8.72. The Labute approximate surface area is 144 Å². The summed E-state index contributed by atoms with van der Waals surface area (Å²) in [6.45, 7) is 2.18. The number of rotatable bonds is 5. The average molecular weight is 335 g/mol. The predicted octanol–water partition coefficient (Wildman–Crippen LogP) is 4.76. The molecule has 3 aromatic rings. The van der Waals surface area contributed by atoms with Gasteiger partial charge in [0.15, 0.2) is 5.13 Å². The molecular formula is C19H17N3OS. The summed E-state index contributed by atoms with van der Waals surface area (Å²) in [6.07, 6.45) is 3.41. The van der Waals surface area contributed by atoms with Gasteiger partial charge in [-0.05, 0) is 54.8 Å². The van der Waals surface area contributed by atoms with Gasteiger partial charge in [-0.25, -0.2) is 4.98 Å². The second kappa shape index (κ2) is 7.24. The fourth-order valence-corrected chi connectivity index (χ4v) is 3.35. The highest BCUT2D eigenvalue weighted by molar-refractivity contribution is 7.22. The zero-order valence-corrected chi connectivity index (χ0v) is 14.2. The molecule has 0 atom stereocenters. The third-order valence-corrected chi connectivity index (χ3v) is 4.70. The van der Waals surface area contributed by atoms with Crippen molar-refractivity contribution in [2.75, 3.05) is 5.32 Å². The third kappa shape index (κ3) is 3.61. The van der Waals surface area contributed by atoms with E-state index < -0.39 is 0 Å². The van der Waals surface area contributed by atoms with Gasteiger partial charge in [0, 0.05) is 5.56 Å². The van der Waals surface area contributed by atoms with Crippen LogP contribution in [-0.4, -0.2) is 10.9 Å². The van der Waals surface area contributed by atoms with Crippen molar-refractivity contribution in [1.29, 1.82) is 5.26 Å². The molecule has 2 aromatic carbocycles. The summed E-state index contributed by atoms with van der Waals surface area (Å²) < 4.78 is 1.08. The summed E-state index contributed by atoms with van der Waals surface area (Å²) in [5, 5.41) is 12.2. The van der Waals surface area contributed by atoms with E-state index in [4.69, 9.17) is 5.26 Å². The normalized spacial score (nSPS) is 10.5. The van der Waals surface area contributed by atoms with Crippen LogP contribution in [0, 0.1) is 11.3 Å². The second-order valence-electron chi connectivity index (χ2n) is 5.57. The topological polar surface area (TPSA) is 65.8 Å². The summed E-state index contributed by atoms with van der Waals surface area (Å²) >= 11 is 1.48. The van der Waals surface area contributed by atoms with Crippen LogP contribution in [-0.2, 0) is 6.42 Å². The van der Waals surface area contributed by atoms with Gasteiger partial charge < -0.3 is 0 Å². The molecule has 0 radical (unpaired) electrons. The number of nitrogens with one attached hydrogen (secondary N) is 1. The number of anilines is 1. The Kier molecular flexibility index (Phi) is 4.88. The largest absolute Gasteiger partial charge is 0.298 e. The van der Waals surface area contributed by atoms with Crippen LogP contribution in [0.15, 0.2) is 42.5 Å². The minimum atomic E-state index is -0.218. The molecule has 1 heterocycles. The lowest BCUT2D eigenvalue weighted by atomic mass is 10.1. The Balaban J connectivity index is 1.76. The van der Waals surface area contributed by atoms with E-state index in [2.05, 4.69) is 29.4 Å². The molecule has 120 valence electrons. The number of aromatic nitrogens is 1. The fourth-order valence-electron chi connectivity index (χ4n) is 2.42. The maximum atomic E-state index is 12.3. The van der Waals surface area contributed by atoms with Crippen LogP contribution in [0.4, 0.5) is 5.13 Å². The molecule has 0 aliphatic carbocycles. The average Bonchev–Trinajstić information content (AvgIpc) is 3.01. The maximum Gasteiger partial charge on any atom is 0.257 e. The molecule has 0 bridgehead atoms. The van der Waals surface area contributed by atoms with Gasteiger partial charge >= 0.3 is 0 Å². The molecule has 3 rings (SSSR count). The first-order chi connectivity index (χ1) is 11.7. The van der Waals surface area contributed by atoms with Gasteiger partial charge in [-0.3, -0.25) is 10.1 Å². The standard InChI is InChI=1S/C19H17N3OS/c1-2-3-4-13-7-10-16-17(11-13)24-19(21-16)22-18(23)15-8-5-14(12-20)6-9-15/h5-11H,2-4H2,1H3,(H,21,22,23). The lowest BCUT2D eigenvalue weighted by molar-refractivity contribution is 0.102. The van der Waals surface area contributed by atoms with E-state index in [0.717, 1.165) is 16.6 Å². The van der Waals surface area contributed by atoms with Crippen LogP contribution in [0.5, 0.6) is 0 Å². The van der Waals surface area contributed by atoms with Gasteiger partial charge in [-0.1, -0.05) is 30.7 Å². The van der Waals surface area contributed by atoms with E-state index in [1.54, 1.807) is 24.3 Å². The van der Waals surface area contributed by atoms with Gasteiger partial charge in [0.2, 0.25) is 0 Å². The van der Waals surface area contributed by atoms with E-state index in [1.807, 2.05) is 12.1 Å². The maximum absolute atomic E-state index is 12.3. The van der Waals surface area contributed by atoms with Gasteiger partial charge in [0.05, 0.1) is 21.8 Å². The molecular weight excluding hydrogens is 318 g/mol. The predicted molar refractivity (Wildman–Crippen MR) is 97.3 cm³/mol. The summed E-state index contributed by atoms with van der Waals surface area (Å²) in [5.41, 5.74) is 3.25. The Morgan fingerprint density at radius 1 is 1.25 bits per heavy atom. The zero-order chi connectivity index (χ0) is 16.9. The second-order valence-corrected chi connectivity index (χ2v) is 6.60. The van der Waals surface area contributed by atoms with Crippen LogP contribution >= 0.6 is 11.3 Å². The van der Waals surface area contributed by atoms with Crippen molar-refractivity contribution in [3.63, 3.8) is 0 Å². The van der Waals surface area contributed by atoms with Crippen molar-refractivity contribution in [2.45, 2.75) is 26.2 Å². The molecule has 0 saturated heterocycles. The summed E-state index contributed by atoms with van der Waals surface area (Å²) in [4.78, 5) is 16.7. The number of hydrogen-bond donors (Lipinski definition) is 1. The van der Waals surface area contributed by atoms with E-state index in [-0.39, 0.29) is 5.91 Å². The highest BCUT2D eigenvalue weighted by Gasteiger charge is 2.10. The summed E-state index contributed by atoms with van der Waals surface area (Å²) in [7, 11) is 0. The highest BCUT2D eigenvalue weighted by atomic mass is 32.1. The minimum Gasteiger partial charge on any atom is -0.298 e. The lowest BCUT2D eigenvalue weighted by Crippen LogP contribution is -2.11. The molecule has 0 saturated carbocycles. The van der Waals surface area contributed by atoms with Crippen molar-refractivity contribution in [3.05, 3.63) is 59.2 Å². The molecule has 0 aliphatic rings. The van der Waals surface area contributed by atoms with E-state index in [0.29, 0.717) is 16.3 Å². The number of unbranched alkanes of at least 4 members (excludes halogenated alkanes) is 1. The Morgan fingerprint density at radius 3 is 2.75 bits per heavy atom. The van der Waals surface area contributed by atoms with Crippen LogP contribution < -0.4 is 5.32 Å². The number of thiazole rings is 1. The van der Waals surface area contributed by atoms with Crippen molar-refractivity contribution in [2.24, 2.45) is 0 Å². The van der Waals surface area contributed by atoms with Gasteiger partial charge in [0.25, 0.3) is 5.91 Å². The molecule has 0 aliphatic heterocycles. The van der Waals surface area contributed by atoms with Crippen LogP contribution in [0.25, 0.3) is 10.2 Å². The molecule has 4 nitrogen and oxygen atoms in total. The summed E-state index contributed by atoms with van der Waals surface area (Å²) in [5.74, 6) is -0.218. The zero-order valence-electron chi connectivity index (χ0n) is 13.4. The summed E-state index contributed by atoms with van der Waals surface area (Å²) in [6, 6.07) is 14.9. The van der Waals surface area contributed by atoms with E-state index in [1.165, 1.54) is 29.7 Å². The number of aryl methyl sites for hydroxylation is 1. The number of benzene rings is 2. The molecule has 1 amide bonds. The van der Waals surface area contributed by atoms with Crippen molar-refractivity contribution < 1.29 is 4.79 Å². The van der Waals surface area contributed by atoms with Crippen molar-refractivity contribution in [3.8, 4) is 6.07 Å². The molecule has 0 fully saturated rings. The molecule has 24 heavy (non-hydrogen) atoms. The van der Waals surface area contributed by atoms with Crippen molar-refractivity contribution >= 4 is 32.6 Å². The number of nitrogens with zero attached hydrogens (tertiary/aromatic N) is 2. The number of amides is 1. The van der Waals surface area contributed by atoms with E-state index in [9.17, 15) is 4.79 Å². The quantitative estimate of drug-likeness (QED) is 0.731. The fraction of sp³-hybridized carbons (Fsp3) is 0.211.